The van der Waals surface area contributed by atoms with Crippen molar-refractivity contribution in [1.82, 2.24) is 4.57 Å². The number of rotatable bonds is 7. The second-order valence-electron chi connectivity index (χ2n) is 7.34. The number of para-hydroxylation sites is 1. The maximum Gasteiger partial charge on any atom is 0.261 e. The fraction of sp³-hybridized carbons (Fsp3) is 0.455. The van der Waals surface area contributed by atoms with Crippen LogP contribution in [0.15, 0.2) is 35.1 Å². The Kier molecular flexibility index (Phi) is 6.78. The van der Waals surface area contributed by atoms with Crippen LogP contribution >= 0.6 is 0 Å². The van der Waals surface area contributed by atoms with Gasteiger partial charge in [0.05, 0.1) is 0 Å². The quantitative estimate of drug-likeness (QED) is 0.782. The van der Waals surface area contributed by atoms with E-state index >= 15 is 0 Å². The Morgan fingerprint density at radius 2 is 1.88 bits per heavy atom. The van der Waals surface area contributed by atoms with Crippen LogP contribution in [0.25, 0.3) is 0 Å². The van der Waals surface area contributed by atoms with Crippen LogP contribution in [-0.4, -0.2) is 10.5 Å². The van der Waals surface area contributed by atoms with E-state index in [0.29, 0.717) is 12.3 Å². The number of unbranched alkanes of at least 4 members (excludes halogenated alkanes) is 1. The van der Waals surface area contributed by atoms with Gasteiger partial charge in [0.1, 0.15) is 5.56 Å². The summed E-state index contributed by atoms with van der Waals surface area (Å²) in [5, 5.41) is 2.93. The van der Waals surface area contributed by atoms with Gasteiger partial charge in [0.2, 0.25) is 0 Å². The molecule has 0 saturated heterocycles. The summed E-state index contributed by atoms with van der Waals surface area (Å²) in [6, 6.07) is 9.20. The average molecular weight is 354 g/mol. The normalized spacial score (nSPS) is 11.0. The lowest BCUT2D eigenvalue weighted by atomic mass is 10.0. The first-order valence-corrected chi connectivity index (χ1v) is 9.45. The van der Waals surface area contributed by atoms with Crippen molar-refractivity contribution >= 4 is 11.6 Å². The number of nitrogens with one attached hydrogen (secondary N) is 1. The van der Waals surface area contributed by atoms with Gasteiger partial charge < -0.3 is 9.88 Å². The number of amides is 1. The molecule has 0 saturated carbocycles. The van der Waals surface area contributed by atoms with Crippen molar-refractivity contribution in [2.24, 2.45) is 5.92 Å². The van der Waals surface area contributed by atoms with Crippen molar-refractivity contribution in [3.63, 3.8) is 0 Å². The minimum Gasteiger partial charge on any atom is -0.348 e. The van der Waals surface area contributed by atoms with Crippen LogP contribution in [0.1, 0.15) is 60.9 Å². The molecule has 0 fully saturated rings. The van der Waals surface area contributed by atoms with E-state index in [0.717, 1.165) is 42.0 Å². The molecule has 4 heteroatoms. The fourth-order valence-corrected chi connectivity index (χ4v) is 3.20. The van der Waals surface area contributed by atoms with E-state index in [1.165, 1.54) is 0 Å². The third-order valence-electron chi connectivity index (χ3n) is 4.58. The Morgan fingerprint density at radius 3 is 2.50 bits per heavy atom. The Morgan fingerprint density at radius 1 is 1.19 bits per heavy atom. The third-order valence-corrected chi connectivity index (χ3v) is 4.58. The summed E-state index contributed by atoms with van der Waals surface area (Å²) >= 11 is 0. The van der Waals surface area contributed by atoms with Crippen LogP contribution in [0.3, 0.4) is 0 Å². The zero-order valence-corrected chi connectivity index (χ0v) is 16.6. The van der Waals surface area contributed by atoms with Crippen molar-refractivity contribution < 1.29 is 4.79 Å². The van der Waals surface area contributed by atoms with Crippen LogP contribution < -0.4 is 10.7 Å². The molecule has 1 heterocycles. The summed E-state index contributed by atoms with van der Waals surface area (Å²) in [7, 11) is 0. The number of hydrogen-bond donors (Lipinski definition) is 1. The predicted molar refractivity (Wildman–Crippen MR) is 108 cm³/mol. The SMILES string of the molecule is CCCCn1c(C)cc(=O)c(C(=O)Nc2ccccc2C)c1CC(C)C. The standard InChI is InChI=1S/C22H30N2O2/c1-6-7-12-24-17(5)14-20(25)21(19(24)13-15(2)3)22(26)23-18-11-9-8-10-16(18)4/h8-11,14-15H,6-7,12-13H2,1-5H3,(H,23,26). The molecule has 140 valence electrons. The number of nitrogens with zero attached hydrogens (tertiary/aromatic N) is 1. The Balaban J connectivity index is 2.53. The van der Waals surface area contributed by atoms with Gasteiger partial charge in [-0.25, -0.2) is 0 Å². The zero-order chi connectivity index (χ0) is 19.3. The molecule has 4 nitrogen and oxygen atoms in total. The van der Waals surface area contributed by atoms with E-state index < -0.39 is 0 Å². The Hall–Kier alpha value is -2.36. The van der Waals surface area contributed by atoms with Gasteiger partial charge in [-0.3, -0.25) is 9.59 Å². The smallest absolute Gasteiger partial charge is 0.261 e. The highest BCUT2D eigenvalue weighted by Crippen LogP contribution is 2.19. The van der Waals surface area contributed by atoms with Gasteiger partial charge in [-0.05, 0) is 44.2 Å². The van der Waals surface area contributed by atoms with Crippen LogP contribution in [0.2, 0.25) is 0 Å². The molecule has 2 rings (SSSR count). The first-order chi connectivity index (χ1) is 12.3. The fourth-order valence-electron chi connectivity index (χ4n) is 3.20. The lowest BCUT2D eigenvalue weighted by molar-refractivity contribution is 0.102. The largest absolute Gasteiger partial charge is 0.348 e. The number of carbonyl (C=O) groups excluding carboxylic acids is 1. The summed E-state index contributed by atoms with van der Waals surface area (Å²) in [5.74, 6) is 0.0410. The third kappa shape index (κ3) is 4.63. The molecule has 1 amide bonds. The van der Waals surface area contributed by atoms with Gasteiger partial charge in [0, 0.05) is 29.7 Å². The molecule has 0 unspecified atom stereocenters. The highest BCUT2D eigenvalue weighted by molar-refractivity contribution is 6.05. The molecule has 1 aromatic carbocycles. The topological polar surface area (TPSA) is 51.1 Å². The van der Waals surface area contributed by atoms with Crippen LogP contribution in [0, 0.1) is 19.8 Å². The molecule has 0 atom stereocenters. The van der Waals surface area contributed by atoms with Gasteiger partial charge in [-0.15, -0.1) is 0 Å². The maximum absolute atomic E-state index is 13.0. The molecular weight excluding hydrogens is 324 g/mol. The van der Waals surface area contributed by atoms with Gasteiger partial charge in [0.25, 0.3) is 5.91 Å². The summed E-state index contributed by atoms with van der Waals surface area (Å²) in [6.07, 6.45) is 2.79. The van der Waals surface area contributed by atoms with Crippen LogP contribution in [0.4, 0.5) is 5.69 Å². The second-order valence-corrected chi connectivity index (χ2v) is 7.34. The number of hydrogen-bond acceptors (Lipinski definition) is 2. The highest BCUT2D eigenvalue weighted by Gasteiger charge is 2.21. The molecule has 0 bridgehead atoms. The van der Waals surface area contributed by atoms with Crippen molar-refractivity contribution in [2.75, 3.05) is 5.32 Å². The molecule has 0 radical (unpaired) electrons. The lowest BCUT2D eigenvalue weighted by Gasteiger charge is -2.21. The first-order valence-electron chi connectivity index (χ1n) is 9.45. The van der Waals surface area contributed by atoms with E-state index in [1.54, 1.807) is 6.07 Å². The number of pyridine rings is 1. The van der Waals surface area contributed by atoms with E-state index in [4.69, 9.17) is 0 Å². The number of aryl methyl sites for hydroxylation is 2. The minimum atomic E-state index is -0.315. The minimum absolute atomic E-state index is 0.197. The summed E-state index contributed by atoms with van der Waals surface area (Å²) in [5.41, 5.74) is 3.58. The Bertz CT molecular complexity index is 835. The molecule has 0 aliphatic carbocycles. The molecule has 26 heavy (non-hydrogen) atoms. The molecular formula is C22H30N2O2. The maximum atomic E-state index is 13.0. The first kappa shape index (κ1) is 20.0. The highest BCUT2D eigenvalue weighted by atomic mass is 16.2. The second kappa shape index (κ2) is 8.84. The van der Waals surface area contributed by atoms with Crippen molar-refractivity contribution in [2.45, 2.75) is 60.4 Å². The van der Waals surface area contributed by atoms with E-state index in [-0.39, 0.29) is 16.9 Å². The number of aromatic nitrogens is 1. The van der Waals surface area contributed by atoms with Crippen molar-refractivity contribution in [3.05, 3.63) is 63.1 Å². The number of benzene rings is 1. The number of carbonyl (C=O) groups is 1. The number of anilines is 1. The van der Waals surface area contributed by atoms with Gasteiger partial charge in [-0.1, -0.05) is 45.4 Å². The van der Waals surface area contributed by atoms with Crippen molar-refractivity contribution in [3.8, 4) is 0 Å². The molecule has 0 aliphatic rings. The lowest BCUT2D eigenvalue weighted by Crippen LogP contribution is -2.29. The van der Waals surface area contributed by atoms with Gasteiger partial charge in [0.15, 0.2) is 5.43 Å². The van der Waals surface area contributed by atoms with E-state index in [1.807, 2.05) is 38.1 Å². The Labute approximate surface area is 156 Å². The zero-order valence-electron chi connectivity index (χ0n) is 16.6. The molecule has 1 aromatic heterocycles. The van der Waals surface area contributed by atoms with Crippen LogP contribution in [0.5, 0.6) is 0 Å². The molecule has 1 N–H and O–H groups in total. The van der Waals surface area contributed by atoms with Crippen LogP contribution in [-0.2, 0) is 13.0 Å². The predicted octanol–water partition coefficient (Wildman–Crippen LogP) is 4.72. The van der Waals surface area contributed by atoms with Gasteiger partial charge in [-0.2, -0.15) is 0 Å². The van der Waals surface area contributed by atoms with E-state index in [9.17, 15) is 9.59 Å². The summed E-state index contributed by atoms with van der Waals surface area (Å²) < 4.78 is 2.15. The molecule has 2 aromatic rings. The van der Waals surface area contributed by atoms with Gasteiger partial charge >= 0.3 is 0 Å². The molecule has 0 aliphatic heterocycles. The summed E-state index contributed by atoms with van der Waals surface area (Å²) in [6.45, 7) is 11.1. The average Bonchev–Trinajstić information content (AvgIpc) is 2.56. The monoisotopic (exact) mass is 354 g/mol. The van der Waals surface area contributed by atoms with Crippen molar-refractivity contribution in [1.29, 1.82) is 0 Å². The van der Waals surface area contributed by atoms with E-state index in [2.05, 4.69) is 30.7 Å². The molecule has 0 spiro atoms. The summed E-state index contributed by atoms with van der Waals surface area (Å²) in [4.78, 5) is 25.7.